The first-order valence-electron chi connectivity index (χ1n) is 3.81. The van der Waals surface area contributed by atoms with Gasteiger partial charge in [0, 0.05) is 0 Å². The quantitative estimate of drug-likeness (QED) is 0.515. The third kappa shape index (κ3) is 1.39. The van der Waals surface area contributed by atoms with E-state index in [0.29, 0.717) is 11.5 Å². The molecule has 0 N–H and O–H groups in total. The molecule has 0 aliphatic heterocycles. The molecule has 0 saturated heterocycles. The van der Waals surface area contributed by atoms with Crippen LogP contribution in [0.4, 0.5) is 0 Å². The topological polar surface area (TPSA) is 43.4 Å². The molecule has 0 aliphatic rings. The van der Waals surface area contributed by atoms with Crippen molar-refractivity contribution in [2.75, 3.05) is 12.4 Å². The number of rotatable bonds is 4. The molecule has 4 heteroatoms. The van der Waals surface area contributed by atoms with Crippen LogP contribution in [0.3, 0.4) is 0 Å². The Hall–Kier alpha value is -0.770. The first-order valence-corrected chi connectivity index (χ1v) is 4.79. The normalized spacial score (nSPS) is 10.5. The van der Waals surface area contributed by atoms with Crippen LogP contribution in [0, 0.1) is 0 Å². The molecule has 3 nitrogen and oxygen atoms in total. The van der Waals surface area contributed by atoms with Gasteiger partial charge in [0.1, 0.15) is 4.90 Å². The number of hydrogen-bond acceptors (Lipinski definition) is 4. The first kappa shape index (κ1) is 9.32. The summed E-state index contributed by atoms with van der Waals surface area (Å²) in [6, 6.07) is 0. The van der Waals surface area contributed by atoms with Crippen LogP contribution in [0.1, 0.15) is 13.8 Å². The molecule has 1 aromatic carbocycles. The summed E-state index contributed by atoms with van der Waals surface area (Å²) < 4.78 is 5.01. The van der Waals surface area contributed by atoms with Gasteiger partial charge in [0.05, 0.1) is 6.61 Å². The summed E-state index contributed by atoms with van der Waals surface area (Å²) in [7, 11) is 0. The lowest BCUT2D eigenvalue weighted by molar-refractivity contribution is 0.322. The molecule has 0 aromatic heterocycles. The lowest BCUT2D eigenvalue weighted by Gasteiger charge is -2.08. The van der Waals surface area contributed by atoms with Crippen molar-refractivity contribution in [3.8, 4) is 5.75 Å². The molecule has 0 radical (unpaired) electrons. The Kier molecular flexibility index (Phi) is 2.92. The van der Waals surface area contributed by atoms with Crippen molar-refractivity contribution in [1.29, 1.82) is 0 Å². The van der Waals surface area contributed by atoms with Crippen LogP contribution in [0.5, 0.6) is 5.75 Å². The van der Waals surface area contributed by atoms with E-state index in [0.717, 1.165) is 5.75 Å². The summed E-state index contributed by atoms with van der Waals surface area (Å²) in [5, 5.41) is 0. The molecule has 12 heavy (non-hydrogen) atoms. The number of thioether (sulfide) groups is 1. The van der Waals surface area contributed by atoms with Crippen LogP contribution < -0.4 is 15.6 Å². The lowest BCUT2D eigenvalue weighted by atomic mass is 10.3. The smallest absolute Gasteiger partial charge is 0.269 e. The van der Waals surface area contributed by atoms with E-state index in [2.05, 4.69) is 0 Å². The van der Waals surface area contributed by atoms with E-state index in [4.69, 9.17) is 4.74 Å². The van der Waals surface area contributed by atoms with Crippen LogP contribution in [0.25, 0.3) is 0 Å². The van der Waals surface area contributed by atoms with E-state index < -0.39 is 10.9 Å². The molecular weight excluding hydrogens is 176 g/mol. The predicted molar refractivity (Wildman–Crippen MR) is 48.9 cm³/mol. The Morgan fingerprint density at radius 1 is 1.25 bits per heavy atom. The lowest BCUT2D eigenvalue weighted by Crippen LogP contribution is -2.34. The summed E-state index contributed by atoms with van der Waals surface area (Å²) in [6.45, 7) is 4.15. The van der Waals surface area contributed by atoms with E-state index in [1.165, 1.54) is 11.8 Å². The van der Waals surface area contributed by atoms with Crippen molar-refractivity contribution in [1.82, 2.24) is 0 Å². The second-order valence-electron chi connectivity index (χ2n) is 2.18. The van der Waals surface area contributed by atoms with Crippen LogP contribution in [0.2, 0.25) is 0 Å². The van der Waals surface area contributed by atoms with Gasteiger partial charge in [0.2, 0.25) is 5.43 Å². The summed E-state index contributed by atoms with van der Waals surface area (Å²) >= 11 is 1.36. The van der Waals surface area contributed by atoms with Gasteiger partial charge < -0.3 is 4.74 Å². The molecule has 0 heterocycles. The van der Waals surface area contributed by atoms with Gasteiger partial charge in [-0.05, 0) is 12.7 Å². The zero-order valence-electron chi connectivity index (χ0n) is 7.05. The van der Waals surface area contributed by atoms with Crippen LogP contribution in [0.15, 0.2) is 14.5 Å². The van der Waals surface area contributed by atoms with Crippen molar-refractivity contribution >= 4 is 11.8 Å². The average molecular weight is 186 g/mol. The van der Waals surface area contributed by atoms with Crippen LogP contribution >= 0.6 is 11.8 Å². The minimum absolute atomic E-state index is 0.259. The highest BCUT2D eigenvalue weighted by atomic mass is 32.2. The number of ether oxygens (including phenoxy) is 1. The maximum Gasteiger partial charge on any atom is 0.269 e. The Morgan fingerprint density at radius 2 is 1.92 bits per heavy atom. The monoisotopic (exact) mass is 186 g/mol. The Balaban J connectivity index is 2.89. The highest BCUT2D eigenvalue weighted by Crippen LogP contribution is 2.23. The number of hydrogen-bond donors (Lipinski definition) is 0. The molecular formula is C8H10O3S. The van der Waals surface area contributed by atoms with Crippen LogP contribution in [-0.4, -0.2) is 12.4 Å². The highest BCUT2D eigenvalue weighted by Gasteiger charge is 2.21. The standard InChI is InChI=1S/C8H10O3S/c1-3-11-7-5(9)6(10)8(7)12-4-2/h3-4H2,1-2H3. The Morgan fingerprint density at radius 3 is 2.42 bits per heavy atom. The van der Waals surface area contributed by atoms with E-state index in [9.17, 15) is 9.59 Å². The summed E-state index contributed by atoms with van der Waals surface area (Å²) in [6.07, 6.45) is 0. The van der Waals surface area contributed by atoms with Gasteiger partial charge in [-0.25, -0.2) is 0 Å². The fraction of sp³-hybridized carbons (Fsp3) is 0.500. The molecule has 0 spiro atoms. The minimum atomic E-state index is -0.479. The third-order valence-electron chi connectivity index (χ3n) is 1.40. The highest BCUT2D eigenvalue weighted by molar-refractivity contribution is 7.99. The van der Waals surface area contributed by atoms with Crippen molar-refractivity contribution in [3.63, 3.8) is 0 Å². The maximum absolute atomic E-state index is 10.9. The van der Waals surface area contributed by atoms with Gasteiger partial charge >= 0.3 is 0 Å². The minimum Gasteiger partial charge on any atom is -0.488 e. The van der Waals surface area contributed by atoms with Crippen molar-refractivity contribution in [3.05, 3.63) is 20.4 Å². The van der Waals surface area contributed by atoms with Gasteiger partial charge in [0.15, 0.2) is 5.75 Å². The van der Waals surface area contributed by atoms with Gasteiger partial charge in [-0.1, -0.05) is 6.92 Å². The van der Waals surface area contributed by atoms with Gasteiger partial charge in [-0.15, -0.1) is 11.8 Å². The van der Waals surface area contributed by atoms with Crippen molar-refractivity contribution in [2.45, 2.75) is 18.7 Å². The Labute approximate surface area is 74.4 Å². The zero-order valence-corrected chi connectivity index (χ0v) is 7.86. The molecule has 0 bridgehead atoms. The SMILES string of the molecule is CCOc1c(SCC)c(=O)c1=O. The Bertz CT molecular complexity index is 302. The second kappa shape index (κ2) is 3.76. The fourth-order valence-corrected chi connectivity index (χ4v) is 1.70. The largest absolute Gasteiger partial charge is 0.488 e. The zero-order chi connectivity index (χ0) is 9.14. The molecule has 0 atom stereocenters. The molecule has 1 aromatic rings. The van der Waals surface area contributed by atoms with Crippen LogP contribution in [-0.2, 0) is 0 Å². The third-order valence-corrected chi connectivity index (χ3v) is 2.35. The summed E-state index contributed by atoms with van der Waals surface area (Å²) in [5.74, 6) is 1.04. The van der Waals surface area contributed by atoms with E-state index in [-0.39, 0.29) is 5.75 Å². The van der Waals surface area contributed by atoms with Crippen molar-refractivity contribution < 1.29 is 4.74 Å². The molecule has 0 unspecified atom stereocenters. The summed E-state index contributed by atoms with van der Waals surface area (Å²) in [5.41, 5.74) is -0.877. The first-order chi connectivity index (χ1) is 5.72. The van der Waals surface area contributed by atoms with Gasteiger partial charge in [0.25, 0.3) is 5.43 Å². The van der Waals surface area contributed by atoms with E-state index >= 15 is 0 Å². The van der Waals surface area contributed by atoms with Crippen molar-refractivity contribution in [2.24, 2.45) is 0 Å². The average Bonchev–Trinajstić information content (AvgIpc) is 2.10. The summed E-state index contributed by atoms with van der Waals surface area (Å²) in [4.78, 5) is 22.3. The molecule has 0 aliphatic carbocycles. The predicted octanol–water partition coefficient (Wildman–Crippen LogP) is 0.793. The molecule has 0 fully saturated rings. The fourth-order valence-electron chi connectivity index (χ4n) is 0.901. The second-order valence-corrected chi connectivity index (χ2v) is 3.46. The molecule has 66 valence electrons. The van der Waals surface area contributed by atoms with Gasteiger partial charge in [-0.3, -0.25) is 9.59 Å². The maximum atomic E-state index is 10.9. The van der Waals surface area contributed by atoms with Gasteiger partial charge in [-0.2, -0.15) is 0 Å². The molecule has 1 rings (SSSR count). The molecule has 0 saturated carbocycles. The van der Waals surface area contributed by atoms with E-state index in [1.807, 2.05) is 6.92 Å². The van der Waals surface area contributed by atoms with E-state index in [1.54, 1.807) is 6.92 Å². The molecule has 0 amide bonds.